The third-order valence-corrected chi connectivity index (χ3v) is 3.19. The summed E-state index contributed by atoms with van der Waals surface area (Å²) in [7, 11) is 1.49. The van der Waals surface area contributed by atoms with Gasteiger partial charge in [-0.1, -0.05) is 35.3 Å². The van der Waals surface area contributed by atoms with Crippen molar-refractivity contribution in [3.63, 3.8) is 0 Å². The van der Waals surface area contributed by atoms with Crippen molar-refractivity contribution in [2.75, 3.05) is 12.8 Å². The first-order valence-corrected chi connectivity index (χ1v) is 5.87. The highest BCUT2D eigenvalue weighted by Crippen LogP contribution is 2.39. The van der Waals surface area contributed by atoms with Gasteiger partial charge in [0, 0.05) is 17.2 Å². The number of ether oxygens (including phenoxy) is 1. The van der Waals surface area contributed by atoms with Gasteiger partial charge in [0.25, 0.3) is 0 Å². The fourth-order valence-corrected chi connectivity index (χ4v) is 2.16. The van der Waals surface area contributed by atoms with Crippen molar-refractivity contribution in [2.45, 2.75) is 0 Å². The van der Waals surface area contributed by atoms with E-state index in [1.54, 1.807) is 24.3 Å². The molecule has 2 nitrogen and oxygen atoms in total. The summed E-state index contributed by atoms with van der Waals surface area (Å²) < 4.78 is 18.5. The van der Waals surface area contributed by atoms with Crippen molar-refractivity contribution in [3.8, 4) is 16.9 Å². The van der Waals surface area contributed by atoms with E-state index in [0.717, 1.165) is 0 Å². The second-order valence-electron chi connectivity index (χ2n) is 3.67. The molecule has 0 heterocycles. The molecule has 0 spiro atoms. The molecule has 94 valence electrons. The highest BCUT2D eigenvalue weighted by molar-refractivity contribution is 6.36. The van der Waals surface area contributed by atoms with Crippen LogP contribution in [0.25, 0.3) is 11.1 Å². The Hall–Kier alpha value is -1.45. The summed E-state index contributed by atoms with van der Waals surface area (Å²) in [5.74, 6) is -0.0316. The molecule has 5 heteroatoms. The highest BCUT2D eigenvalue weighted by atomic mass is 35.5. The van der Waals surface area contributed by atoms with Crippen molar-refractivity contribution in [2.24, 2.45) is 0 Å². The highest BCUT2D eigenvalue weighted by Gasteiger charge is 2.13. The number of hydrogen-bond acceptors (Lipinski definition) is 2. The summed E-state index contributed by atoms with van der Waals surface area (Å²) in [6.45, 7) is 0. The van der Waals surface area contributed by atoms with E-state index in [4.69, 9.17) is 33.7 Å². The summed E-state index contributed by atoms with van der Waals surface area (Å²) in [4.78, 5) is 0. The van der Waals surface area contributed by atoms with E-state index in [2.05, 4.69) is 0 Å². The Morgan fingerprint density at radius 3 is 2.50 bits per heavy atom. The fourth-order valence-electron chi connectivity index (χ4n) is 1.66. The van der Waals surface area contributed by atoms with E-state index in [9.17, 15) is 4.39 Å². The van der Waals surface area contributed by atoms with Crippen LogP contribution in [0.15, 0.2) is 30.3 Å². The third kappa shape index (κ3) is 2.24. The van der Waals surface area contributed by atoms with Gasteiger partial charge in [-0.2, -0.15) is 0 Å². The SMILES string of the molecule is COc1cc(Cl)c(-c2cccc(F)c2N)cc1Cl. The summed E-state index contributed by atoms with van der Waals surface area (Å²) in [6, 6.07) is 7.72. The van der Waals surface area contributed by atoms with Crippen LogP contribution in [0.2, 0.25) is 10.0 Å². The predicted octanol–water partition coefficient (Wildman–Crippen LogP) is 4.39. The number of nitrogen functional groups attached to an aromatic ring is 1. The number of nitrogens with two attached hydrogens (primary N) is 1. The van der Waals surface area contributed by atoms with Gasteiger partial charge in [-0.15, -0.1) is 0 Å². The lowest BCUT2D eigenvalue weighted by Gasteiger charge is -2.11. The van der Waals surface area contributed by atoms with Gasteiger partial charge in [-0.25, -0.2) is 4.39 Å². The van der Waals surface area contributed by atoms with Crippen molar-refractivity contribution < 1.29 is 9.13 Å². The molecule has 0 bridgehead atoms. The lowest BCUT2D eigenvalue weighted by atomic mass is 10.0. The van der Waals surface area contributed by atoms with Crippen LogP contribution in [0, 0.1) is 5.82 Å². The summed E-state index contributed by atoms with van der Waals surface area (Å²) in [5, 5.41) is 0.786. The maximum absolute atomic E-state index is 13.4. The number of methoxy groups -OCH3 is 1. The number of hydrogen-bond donors (Lipinski definition) is 1. The van der Waals surface area contributed by atoms with E-state index in [0.29, 0.717) is 26.9 Å². The Morgan fingerprint density at radius 2 is 1.83 bits per heavy atom. The minimum atomic E-state index is -0.490. The molecule has 0 aliphatic heterocycles. The molecule has 0 fully saturated rings. The minimum absolute atomic E-state index is 0.0423. The van der Waals surface area contributed by atoms with Gasteiger partial charge < -0.3 is 10.5 Å². The van der Waals surface area contributed by atoms with E-state index in [1.165, 1.54) is 13.2 Å². The van der Waals surface area contributed by atoms with E-state index in [-0.39, 0.29) is 5.69 Å². The second-order valence-corrected chi connectivity index (χ2v) is 4.48. The minimum Gasteiger partial charge on any atom is -0.495 e. The number of benzene rings is 2. The molecule has 0 aliphatic carbocycles. The van der Waals surface area contributed by atoms with Crippen LogP contribution >= 0.6 is 23.2 Å². The molecular weight excluding hydrogens is 276 g/mol. The zero-order valence-electron chi connectivity index (χ0n) is 9.51. The maximum Gasteiger partial charge on any atom is 0.146 e. The Balaban J connectivity index is 2.64. The normalized spacial score (nSPS) is 10.4. The quantitative estimate of drug-likeness (QED) is 0.831. The molecule has 2 aromatic rings. The molecule has 0 amide bonds. The van der Waals surface area contributed by atoms with Gasteiger partial charge >= 0.3 is 0 Å². The third-order valence-electron chi connectivity index (χ3n) is 2.58. The van der Waals surface area contributed by atoms with E-state index in [1.807, 2.05) is 0 Å². The maximum atomic E-state index is 13.4. The van der Waals surface area contributed by atoms with E-state index >= 15 is 0 Å². The van der Waals surface area contributed by atoms with Gasteiger partial charge in [0.15, 0.2) is 0 Å². The largest absolute Gasteiger partial charge is 0.495 e. The molecule has 0 saturated carbocycles. The molecule has 18 heavy (non-hydrogen) atoms. The van der Waals surface area contributed by atoms with Gasteiger partial charge in [-0.05, 0) is 12.1 Å². The predicted molar refractivity (Wildman–Crippen MR) is 72.8 cm³/mol. The molecule has 0 radical (unpaired) electrons. The Morgan fingerprint density at radius 1 is 1.11 bits per heavy atom. The molecule has 0 atom stereocenters. The van der Waals surface area contributed by atoms with Gasteiger partial charge in [0.05, 0.1) is 22.8 Å². The smallest absolute Gasteiger partial charge is 0.146 e. The molecule has 2 aromatic carbocycles. The average Bonchev–Trinajstić information content (AvgIpc) is 2.35. The van der Waals surface area contributed by atoms with Crippen LogP contribution < -0.4 is 10.5 Å². The van der Waals surface area contributed by atoms with Crippen LogP contribution in [0.3, 0.4) is 0 Å². The zero-order chi connectivity index (χ0) is 13.3. The molecule has 2 rings (SSSR count). The lowest BCUT2D eigenvalue weighted by molar-refractivity contribution is 0.415. The number of para-hydroxylation sites is 1. The summed E-state index contributed by atoms with van der Waals surface area (Å²) >= 11 is 12.1. The molecular formula is C13H10Cl2FNO. The first-order chi connectivity index (χ1) is 8.54. The van der Waals surface area contributed by atoms with Crippen molar-refractivity contribution >= 4 is 28.9 Å². The Bertz CT molecular complexity index is 602. The monoisotopic (exact) mass is 285 g/mol. The number of halogens is 3. The Kier molecular flexibility index (Phi) is 3.64. The van der Waals surface area contributed by atoms with Crippen molar-refractivity contribution in [1.29, 1.82) is 0 Å². The first-order valence-electron chi connectivity index (χ1n) is 5.12. The summed E-state index contributed by atoms with van der Waals surface area (Å²) in [5.41, 5.74) is 6.81. The van der Waals surface area contributed by atoms with Crippen LogP contribution in [0.1, 0.15) is 0 Å². The van der Waals surface area contributed by atoms with Gasteiger partial charge in [-0.3, -0.25) is 0 Å². The Labute approximate surface area is 114 Å². The average molecular weight is 286 g/mol. The number of anilines is 1. The fraction of sp³-hybridized carbons (Fsp3) is 0.0769. The van der Waals surface area contributed by atoms with E-state index < -0.39 is 5.82 Å². The molecule has 0 aliphatic rings. The van der Waals surface area contributed by atoms with Gasteiger partial charge in [0.2, 0.25) is 0 Å². The topological polar surface area (TPSA) is 35.2 Å². The lowest BCUT2D eigenvalue weighted by Crippen LogP contribution is -1.95. The van der Waals surface area contributed by atoms with Gasteiger partial charge in [0.1, 0.15) is 11.6 Å². The van der Waals surface area contributed by atoms with Crippen LogP contribution in [0.5, 0.6) is 5.75 Å². The molecule has 2 N–H and O–H groups in total. The molecule has 0 aromatic heterocycles. The summed E-state index contributed by atoms with van der Waals surface area (Å²) in [6.07, 6.45) is 0. The number of rotatable bonds is 2. The van der Waals surface area contributed by atoms with Crippen molar-refractivity contribution in [1.82, 2.24) is 0 Å². The van der Waals surface area contributed by atoms with Crippen molar-refractivity contribution in [3.05, 3.63) is 46.2 Å². The van der Waals surface area contributed by atoms with Crippen LogP contribution in [-0.2, 0) is 0 Å². The molecule has 0 saturated heterocycles. The standard InChI is InChI=1S/C13H10Cl2FNO/c1-18-12-6-9(14)8(5-10(12)15)7-3-2-4-11(16)13(7)17/h2-6H,17H2,1H3. The zero-order valence-corrected chi connectivity index (χ0v) is 11.0. The second kappa shape index (κ2) is 5.04. The molecule has 0 unspecified atom stereocenters. The van der Waals surface area contributed by atoms with Crippen LogP contribution in [-0.4, -0.2) is 7.11 Å². The first kappa shape index (κ1) is 13.0. The van der Waals surface area contributed by atoms with Crippen LogP contribution in [0.4, 0.5) is 10.1 Å².